The average Bonchev–Trinajstić information content (AvgIpc) is 1.69. The van der Waals surface area contributed by atoms with Crippen LogP contribution in [0.5, 0.6) is 0 Å². The van der Waals surface area contributed by atoms with Crippen molar-refractivity contribution in [3.05, 3.63) is 11.6 Å². The lowest BCUT2D eigenvalue weighted by Gasteiger charge is -1.90. The Morgan fingerprint density at radius 1 is 1.75 bits per heavy atom. The molecule has 3 nitrogen and oxygen atoms in total. The van der Waals surface area contributed by atoms with Crippen molar-refractivity contribution < 1.29 is 15.0 Å². The van der Waals surface area contributed by atoms with Gasteiger partial charge in [0.1, 0.15) is 0 Å². The summed E-state index contributed by atoms with van der Waals surface area (Å²) in [6.07, 6.45) is 1.36. The number of allylic oxidation sites excluding steroid dienone is 1. The van der Waals surface area contributed by atoms with Crippen LogP contribution in [0.3, 0.4) is 0 Å². The van der Waals surface area contributed by atoms with Crippen molar-refractivity contribution in [2.45, 2.75) is 6.92 Å². The summed E-state index contributed by atoms with van der Waals surface area (Å²) < 4.78 is 0. The van der Waals surface area contributed by atoms with Gasteiger partial charge in [-0.25, -0.2) is 4.79 Å². The Morgan fingerprint density at radius 3 is 2.25 bits per heavy atom. The van der Waals surface area contributed by atoms with E-state index in [0.29, 0.717) is 0 Å². The van der Waals surface area contributed by atoms with E-state index in [4.69, 9.17) is 10.2 Å². The largest absolute Gasteiger partial charge is 0.478 e. The third kappa shape index (κ3) is 1.75. The second-order valence-corrected chi connectivity index (χ2v) is 1.28. The number of aliphatic hydroxyl groups excluding tert-OH is 1. The van der Waals surface area contributed by atoms with Crippen molar-refractivity contribution >= 4 is 5.97 Å². The maximum atomic E-state index is 9.93. The molecule has 3 heteroatoms. The minimum atomic E-state index is -1.06. The van der Waals surface area contributed by atoms with E-state index in [9.17, 15) is 4.79 Å². The minimum Gasteiger partial charge on any atom is -0.478 e. The van der Waals surface area contributed by atoms with Crippen LogP contribution in [0.4, 0.5) is 0 Å². The quantitative estimate of drug-likeness (QED) is 0.499. The molecule has 0 aliphatic heterocycles. The molecule has 0 aliphatic rings. The van der Waals surface area contributed by atoms with Crippen molar-refractivity contribution in [1.82, 2.24) is 0 Å². The second-order valence-electron chi connectivity index (χ2n) is 1.28. The van der Waals surface area contributed by atoms with Gasteiger partial charge in [0.05, 0.1) is 12.2 Å². The zero-order chi connectivity index (χ0) is 6.57. The zero-order valence-electron chi connectivity index (χ0n) is 4.59. The van der Waals surface area contributed by atoms with Gasteiger partial charge >= 0.3 is 5.97 Å². The Morgan fingerprint density at radius 2 is 2.25 bits per heavy atom. The van der Waals surface area contributed by atoms with Crippen LogP contribution < -0.4 is 0 Å². The summed E-state index contributed by atoms with van der Waals surface area (Å²) in [6.45, 7) is 1.17. The summed E-state index contributed by atoms with van der Waals surface area (Å²) in [7, 11) is 0. The number of hydrogen-bond acceptors (Lipinski definition) is 2. The fourth-order valence-electron chi connectivity index (χ4n) is 0.282. The lowest BCUT2D eigenvalue weighted by molar-refractivity contribution is -0.133. The first-order valence-electron chi connectivity index (χ1n) is 2.21. The van der Waals surface area contributed by atoms with E-state index >= 15 is 0 Å². The fraction of sp³-hybridized carbons (Fsp3) is 0.400. The zero-order valence-corrected chi connectivity index (χ0v) is 4.59. The Kier molecular flexibility index (Phi) is 2.88. The maximum absolute atomic E-state index is 9.93. The predicted molar refractivity (Wildman–Crippen MR) is 28.5 cm³/mol. The molecule has 0 aromatic rings. The Hall–Kier alpha value is -0.830. The highest BCUT2D eigenvalue weighted by Crippen LogP contribution is 1.89. The standard InChI is InChI=1S/C5H8O3/c1-2-4(3-6)5(7)8/h2,6H,3H2,1H3,(H,7,8)/b4-2+. The highest BCUT2D eigenvalue weighted by Gasteiger charge is 2.00. The average molecular weight is 116 g/mol. The molecule has 46 valence electrons. The smallest absolute Gasteiger partial charge is 0.333 e. The van der Waals surface area contributed by atoms with Crippen LogP contribution in [-0.4, -0.2) is 22.8 Å². The minimum absolute atomic E-state index is 0.0324. The molecule has 0 rings (SSSR count). The van der Waals surface area contributed by atoms with Crippen LogP contribution in [0.1, 0.15) is 6.92 Å². The van der Waals surface area contributed by atoms with E-state index in [2.05, 4.69) is 0 Å². The van der Waals surface area contributed by atoms with Crippen LogP contribution in [0.15, 0.2) is 11.6 Å². The molecule has 0 radical (unpaired) electrons. The lowest BCUT2D eigenvalue weighted by atomic mass is 10.3. The van der Waals surface area contributed by atoms with E-state index in [-0.39, 0.29) is 5.57 Å². The molecule has 0 saturated heterocycles. The van der Waals surface area contributed by atoms with Gasteiger partial charge in [-0.3, -0.25) is 0 Å². The fourth-order valence-corrected chi connectivity index (χ4v) is 0.282. The molecular weight excluding hydrogens is 108 g/mol. The molecule has 0 spiro atoms. The number of carbonyl (C=O) groups is 1. The number of hydrogen-bond donors (Lipinski definition) is 2. The summed E-state index contributed by atoms with van der Waals surface area (Å²) >= 11 is 0. The highest BCUT2D eigenvalue weighted by atomic mass is 16.4. The Bertz CT molecular complexity index is 115. The third-order valence-electron chi connectivity index (χ3n) is 0.794. The number of rotatable bonds is 2. The van der Waals surface area contributed by atoms with Crippen LogP contribution in [0.25, 0.3) is 0 Å². The molecule has 0 aliphatic carbocycles. The molecule has 2 N–H and O–H groups in total. The molecule has 0 heterocycles. The van der Waals surface area contributed by atoms with E-state index in [0.717, 1.165) is 0 Å². The van der Waals surface area contributed by atoms with E-state index in [1.54, 1.807) is 6.92 Å². The van der Waals surface area contributed by atoms with Gasteiger partial charge in [0, 0.05) is 0 Å². The van der Waals surface area contributed by atoms with Crippen LogP contribution in [0, 0.1) is 0 Å². The van der Waals surface area contributed by atoms with Crippen molar-refractivity contribution in [3.8, 4) is 0 Å². The molecule has 0 atom stereocenters. The summed E-state index contributed by atoms with van der Waals surface area (Å²) in [6, 6.07) is 0. The SMILES string of the molecule is C/C=C(\CO)C(=O)O. The Balaban J connectivity index is 3.92. The number of aliphatic carboxylic acids is 1. The maximum Gasteiger partial charge on any atom is 0.333 e. The van der Waals surface area contributed by atoms with Crippen molar-refractivity contribution in [1.29, 1.82) is 0 Å². The van der Waals surface area contributed by atoms with E-state index in [1.807, 2.05) is 0 Å². The first-order chi connectivity index (χ1) is 3.72. The van der Waals surface area contributed by atoms with Crippen LogP contribution >= 0.6 is 0 Å². The van der Waals surface area contributed by atoms with Crippen molar-refractivity contribution in [2.75, 3.05) is 6.61 Å². The molecule has 0 aromatic heterocycles. The molecule has 0 bridgehead atoms. The topological polar surface area (TPSA) is 57.5 Å². The highest BCUT2D eigenvalue weighted by molar-refractivity contribution is 5.86. The van der Waals surface area contributed by atoms with Gasteiger partial charge < -0.3 is 10.2 Å². The van der Waals surface area contributed by atoms with Gasteiger partial charge in [-0.15, -0.1) is 0 Å². The molecule has 0 unspecified atom stereocenters. The van der Waals surface area contributed by atoms with Crippen LogP contribution in [0.2, 0.25) is 0 Å². The van der Waals surface area contributed by atoms with E-state index in [1.165, 1.54) is 6.08 Å². The molecule has 8 heavy (non-hydrogen) atoms. The van der Waals surface area contributed by atoms with E-state index < -0.39 is 12.6 Å². The van der Waals surface area contributed by atoms with Gasteiger partial charge in [-0.05, 0) is 6.92 Å². The molecule has 0 aromatic carbocycles. The number of carboxylic acids is 1. The monoisotopic (exact) mass is 116 g/mol. The molecular formula is C5H8O3. The summed E-state index contributed by atoms with van der Waals surface area (Å²) in [5, 5.41) is 16.4. The van der Waals surface area contributed by atoms with Crippen molar-refractivity contribution in [3.63, 3.8) is 0 Å². The second kappa shape index (κ2) is 3.21. The van der Waals surface area contributed by atoms with Crippen molar-refractivity contribution in [2.24, 2.45) is 0 Å². The first kappa shape index (κ1) is 7.17. The first-order valence-corrected chi connectivity index (χ1v) is 2.21. The van der Waals surface area contributed by atoms with Gasteiger partial charge in [0.15, 0.2) is 0 Å². The van der Waals surface area contributed by atoms with Gasteiger partial charge in [0.25, 0.3) is 0 Å². The molecule has 0 amide bonds. The predicted octanol–water partition coefficient (Wildman–Crippen LogP) is 0.00960. The summed E-state index contributed by atoms with van der Waals surface area (Å²) in [4.78, 5) is 9.93. The number of carboxylic acid groups (broad SMARTS) is 1. The van der Waals surface area contributed by atoms with Gasteiger partial charge in [-0.2, -0.15) is 0 Å². The Labute approximate surface area is 47.3 Å². The van der Waals surface area contributed by atoms with Gasteiger partial charge in [0.2, 0.25) is 0 Å². The molecule has 0 saturated carbocycles. The van der Waals surface area contributed by atoms with Gasteiger partial charge in [-0.1, -0.05) is 6.08 Å². The lowest BCUT2D eigenvalue weighted by Crippen LogP contribution is -2.03. The third-order valence-corrected chi connectivity index (χ3v) is 0.794. The molecule has 0 fully saturated rings. The normalized spacial score (nSPS) is 11.5. The number of aliphatic hydroxyl groups is 1. The summed E-state index contributed by atoms with van der Waals surface area (Å²) in [5.41, 5.74) is 0.0324. The summed E-state index contributed by atoms with van der Waals surface area (Å²) in [5.74, 6) is -1.06. The van der Waals surface area contributed by atoms with Crippen LogP contribution in [-0.2, 0) is 4.79 Å².